The fourth-order valence-corrected chi connectivity index (χ4v) is 2.61. The maximum atomic E-state index is 12.0. The van der Waals surface area contributed by atoms with Crippen LogP contribution in [0.5, 0.6) is 0 Å². The summed E-state index contributed by atoms with van der Waals surface area (Å²) in [5, 5.41) is 8.68. The number of nitrogens with zero attached hydrogens (tertiary/aromatic N) is 1. The second-order valence-corrected chi connectivity index (χ2v) is 5.87. The first-order valence-corrected chi connectivity index (χ1v) is 6.89. The molecule has 1 aliphatic rings. The third-order valence-electron chi connectivity index (χ3n) is 3.88. The van der Waals surface area contributed by atoms with Crippen molar-refractivity contribution in [1.82, 2.24) is 4.90 Å². The van der Waals surface area contributed by atoms with Gasteiger partial charge >= 0.3 is 5.97 Å². The van der Waals surface area contributed by atoms with Crippen LogP contribution in [0.1, 0.15) is 46.5 Å². The minimum Gasteiger partial charge on any atom is -0.481 e. The van der Waals surface area contributed by atoms with Crippen LogP contribution < -0.4 is 0 Å². The summed E-state index contributed by atoms with van der Waals surface area (Å²) in [5.74, 6) is 0.635. The molecule has 0 saturated carbocycles. The van der Waals surface area contributed by atoms with Crippen molar-refractivity contribution in [2.24, 2.45) is 17.8 Å². The summed E-state index contributed by atoms with van der Waals surface area (Å²) >= 11 is 0. The van der Waals surface area contributed by atoms with E-state index in [2.05, 4.69) is 13.8 Å². The zero-order valence-corrected chi connectivity index (χ0v) is 11.7. The Kier molecular flexibility index (Phi) is 5.63. The van der Waals surface area contributed by atoms with Crippen molar-refractivity contribution in [2.45, 2.75) is 46.5 Å². The minimum absolute atomic E-state index is 0.0715. The Hall–Kier alpha value is -1.06. The summed E-state index contributed by atoms with van der Waals surface area (Å²) in [6.45, 7) is 7.96. The summed E-state index contributed by atoms with van der Waals surface area (Å²) in [6, 6.07) is 0. The molecule has 0 radical (unpaired) electrons. The van der Waals surface area contributed by atoms with Gasteiger partial charge in [-0.05, 0) is 30.6 Å². The molecule has 104 valence electrons. The average Bonchev–Trinajstić information content (AvgIpc) is 2.27. The molecule has 0 spiro atoms. The van der Waals surface area contributed by atoms with Crippen LogP contribution in [0.25, 0.3) is 0 Å². The lowest BCUT2D eigenvalue weighted by atomic mass is 9.86. The summed E-state index contributed by atoms with van der Waals surface area (Å²) in [4.78, 5) is 24.5. The van der Waals surface area contributed by atoms with Crippen LogP contribution in [-0.4, -0.2) is 35.0 Å². The zero-order valence-electron chi connectivity index (χ0n) is 11.7. The number of likely N-dealkylation sites (tertiary alicyclic amines) is 1. The fourth-order valence-electron chi connectivity index (χ4n) is 2.61. The van der Waals surface area contributed by atoms with Gasteiger partial charge in [-0.1, -0.05) is 20.8 Å². The number of hydrogen-bond acceptors (Lipinski definition) is 2. The van der Waals surface area contributed by atoms with E-state index < -0.39 is 5.97 Å². The Morgan fingerprint density at radius 1 is 1.17 bits per heavy atom. The van der Waals surface area contributed by atoms with Crippen molar-refractivity contribution >= 4 is 11.9 Å². The number of piperidine rings is 1. The SMILES string of the molecule is CC(CC(=O)O)CC(=O)N1CCC(C(C)C)CC1. The fraction of sp³-hybridized carbons (Fsp3) is 0.857. The maximum Gasteiger partial charge on any atom is 0.303 e. The smallest absolute Gasteiger partial charge is 0.303 e. The third kappa shape index (κ3) is 4.67. The van der Waals surface area contributed by atoms with E-state index in [1.165, 1.54) is 0 Å². The highest BCUT2D eigenvalue weighted by atomic mass is 16.4. The Morgan fingerprint density at radius 2 is 1.72 bits per heavy atom. The largest absolute Gasteiger partial charge is 0.481 e. The number of rotatable bonds is 5. The van der Waals surface area contributed by atoms with Crippen molar-refractivity contribution in [3.63, 3.8) is 0 Å². The van der Waals surface area contributed by atoms with Crippen LogP contribution in [0.2, 0.25) is 0 Å². The van der Waals surface area contributed by atoms with Gasteiger partial charge in [0.2, 0.25) is 5.91 Å². The van der Waals surface area contributed by atoms with Crippen LogP contribution in [-0.2, 0) is 9.59 Å². The van der Waals surface area contributed by atoms with Gasteiger partial charge in [0.05, 0.1) is 0 Å². The first-order chi connectivity index (χ1) is 8.40. The van der Waals surface area contributed by atoms with Crippen molar-refractivity contribution < 1.29 is 14.7 Å². The Labute approximate surface area is 109 Å². The molecule has 0 aromatic rings. The second kappa shape index (κ2) is 6.76. The van der Waals surface area contributed by atoms with Gasteiger partial charge in [0.1, 0.15) is 0 Å². The highest BCUT2D eigenvalue weighted by Crippen LogP contribution is 2.25. The Morgan fingerprint density at radius 3 is 2.17 bits per heavy atom. The molecule has 1 fully saturated rings. The van der Waals surface area contributed by atoms with Crippen molar-refractivity contribution in [3.8, 4) is 0 Å². The number of amides is 1. The van der Waals surface area contributed by atoms with Gasteiger partial charge in [0.25, 0.3) is 0 Å². The van der Waals surface area contributed by atoms with Crippen LogP contribution in [0.15, 0.2) is 0 Å². The summed E-state index contributed by atoms with van der Waals surface area (Å²) in [5.41, 5.74) is 0. The second-order valence-electron chi connectivity index (χ2n) is 5.87. The molecule has 1 saturated heterocycles. The van der Waals surface area contributed by atoms with Gasteiger partial charge in [0, 0.05) is 25.9 Å². The van der Waals surface area contributed by atoms with Gasteiger partial charge in [-0.15, -0.1) is 0 Å². The lowest BCUT2D eigenvalue weighted by Gasteiger charge is -2.34. The van der Waals surface area contributed by atoms with Crippen LogP contribution >= 0.6 is 0 Å². The summed E-state index contributed by atoms with van der Waals surface area (Å²) in [7, 11) is 0. The van der Waals surface area contributed by atoms with Gasteiger partial charge < -0.3 is 10.0 Å². The molecule has 1 aliphatic heterocycles. The van der Waals surface area contributed by atoms with Gasteiger partial charge in [0.15, 0.2) is 0 Å². The molecule has 1 atom stereocenters. The van der Waals surface area contributed by atoms with E-state index in [0.29, 0.717) is 12.3 Å². The van der Waals surface area contributed by atoms with Crippen LogP contribution in [0, 0.1) is 17.8 Å². The number of carboxylic acids is 1. The zero-order chi connectivity index (χ0) is 13.7. The molecule has 1 rings (SSSR count). The average molecular weight is 255 g/mol. The number of carboxylic acid groups (broad SMARTS) is 1. The number of carbonyl (C=O) groups is 2. The van der Waals surface area contributed by atoms with Gasteiger partial charge in [-0.2, -0.15) is 0 Å². The van der Waals surface area contributed by atoms with Crippen LogP contribution in [0.4, 0.5) is 0 Å². The standard InChI is InChI=1S/C14H25NO3/c1-10(2)12-4-6-15(7-5-12)13(16)8-11(3)9-14(17)18/h10-12H,4-9H2,1-3H3,(H,17,18). The molecule has 0 aromatic heterocycles. The number of aliphatic carboxylic acids is 1. The summed E-state index contributed by atoms with van der Waals surface area (Å²) < 4.78 is 0. The monoisotopic (exact) mass is 255 g/mol. The third-order valence-corrected chi connectivity index (χ3v) is 3.88. The summed E-state index contributed by atoms with van der Waals surface area (Å²) in [6.07, 6.45) is 2.60. The molecule has 1 unspecified atom stereocenters. The van der Waals surface area contributed by atoms with E-state index in [9.17, 15) is 9.59 Å². The molecule has 0 bridgehead atoms. The Balaban J connectivity index is 2.34. The highest BCUT2D eigenvalue weighted by Gasteiger charge is 2.25. The van der Waals surface area contributed by atoms with E-state index in [1.54, 1.807) is 0 Å². The molecule has 1 heterocycles. The lowest BCUT2D eigenvalue weighted by molar-refractivity contribution is -0.138. The van der Waals surface area contributed by atoms with Crippen LogP contribution in [0.3, 0.4) is 0 Å². The van der Waals surface area contributed by atoms with E-state index >= 15 is 0 Å². The predicted molar refractivity (Wildman–Crippen MR) is 70.2 cm³/mol. The molecule has 4 heteroatoms. The molecule has 1 amide bonds. The minimum atomic E-state index is -0.825. The topological polar surface area (TPSA) is 57.6 Å². The van der Waals surface area contributed by atoms with E-state index in [0.717, 1.165) is 31.8 Å². The van der Waals surface area contributed by atoms with E-state index in [1.807, 2.05) is 11.8 Å². The van der Waals surface area contributed by atoms with E-state index in [4.69, 9.17) is 5.11 Å². The molecule has 1 N–H and O–H groups in total. The van der Waals surface area contributed by atoms with Crippen molar-refractivity contribution in [3.05, 3.63) is 0 Å². The molecule has 0 aliphatic carbocycles. The number of carbonyl (C=O) groups excluding carboxylic acids is 1. The molecular formula is C14H25NO3. The highest BCUT2D eigenvalue weighted by molar-refractivity contribution is 5.77. The van der Waals surface area contributed by atoms with Crippen molar-refractivity contribution in [1.29, 1.82) is 0 Å². The normalized spacial score (nSPS) is 19.0. The predicted octanol–water partition coefficient (Wildman–Crippen LogP) is 2.38. The first-order valence-electron chi connectivity index (χ1n) is 6.89. The van der Waals surface area contributed by atoms with Gasteiger partial charge in [-0.25, -0.2) is 0 Å². The number of hydrogen-bond donors (Lipinski definition) is 1. The lowest BCUT2D eigenvalue weighted by Crippen LogP contribution is -2.40. The molecule has 18 heavy (non-hydrogen) atoms. The molecule has 0 aromatic carbocycles. The molecule has 4 nitrogen and oxygen atoms in total. The quantitative estimate of drug-likeness (QED) is 0.820. The van der Waals surface area contributed by atoms with Gasteiger partial charge in [-0.3, -0.25) is 9.59 Å². The first kappa shape index (κ1) is 15.0. The van der Waals surface area contributed by atoms with Crippen molar-refractivity contribution in [2.75, 3.05) is 13.1 Å². The Bertz CT molecular complexity index is 293. The molecular weight excluding hydrogens is 230 g/mol. The van der Waals surface area contributed by atoms with E-state index in [-0.39, 0.29) is 18.2 Å². The maximum absolute atomic E-state index is 12.0.